The monoisotopic (exact) mass is 319 g/mol. The number of nitrogens with zero attached hydrogens (tertiary/aromatic N) is 1. The van der Waals surface area contributed by atoms with Gasteiger partial charge in [-0.25, -0.2) is 8.42 Å². The van der Waals surface area contributed by atoms with Crippen LogP contribution in [0.15, 0.2) is 10.3 Å². The molecule has 2 heterocycles. The SMILES string of the molecule is COCC1CCN(S(=O)(=O)c2c(C)csc2CO)CC1. The van der Waals surface area contributed by atoms with Crippen molar-refractivity contribution in [2.45, 2.75) is 31.3 Å². The molecular weight excluding hydrogens is 298 g/mol. The van der Waals surface area contributed by atoms with Crippen molar-refractivity contribution in [3.63, 3.8) is 0 Å². The molecule has 1 N–H and O–H groups in total. The zero-order chi connectivity index (χ0) is 14.8. The van der Waals surface area contributed by atoms with E-state index in [9.17, 15) is 13.5 Å². The molecule has 0 atom stereocenters. The number of thiophene rings is 1. The van der Waals surface area contributed by atoms with Gasteiger partial charge < -0.3 is 9.84 Å². The van der Waals surface area contributed by atoms with Crippen LogP contribution in [0.4, 0.5) is 0 Å². The van der Waals surface area contributed by atoms with Crippen molar-refractivity contribution in [2.24, 2.45) is 5.92 Å². The lowest BCUT2D eigenvalue weighted by Gasteiger charge is -2.31. The maximum atomic E-state index is 12.7. The first kappa shape index (κ1) is 15.9. The highest BCUT2D eigenvalue weighted by atomic mass is 32.2. The van der Waals surface area contributed by atoms with Gasteiger partial charge in [0.1, 0.15) is 4.90 Å². The molecule has 5 nitrogen and oxygen atoms in total. The molecule has 0 spiro atoms. The summed E-state index contributed by atoms with van der Waals surface area (Å²) in [7, 11) is -1.82. The largest absolute Gasteiger partial charge is 0.391 e. The molecule has 20 heavy (non-hydrogen) atoms. The average Bonchev–Trinajstić information content (AvgIpc) is 2.81. The van der Waals surface area contributed by atoms with Crippen molar-refractivity contribution in [1.29, 1.82) is 0 Å². The quantitative estimate of drug-likeness (QED) is 0.895. The number of ether oxygens (including phenoxy) is 1. The fourth-order valence-corrected chi connectivity index (χ4v) is 5.71. The third kappa shape index (κ3) is 3.07. The van der Waals surface area contributed by atoms with Crippen LogP contribution in [0.2, 0.25) is 0 Å². The van der Waals surface area contributed by atoms with E-state index >= 15 is 0 Å². The Morgan fingerprint density at radius 1 is 1.45 bits per heavy atom. The van der Waals surface area contributed by atoms with Crippen molar-refractivity contribution in [2.75, 3.05) is 26.8 Å². The van der Waals surface area contributed by atoms with Gasteiger partial charge in [0.2, 0.25) is 10.0 Å². The second-order valence-corrected chi connectivity index (χ2v) is 7.97. The minimum absolute atomic E-state index is 0.229. The van der Waals surface area contributed by atoms with Gasteiger partial charge in [0.15, 0.2) is 0 Å². The zero-order valence-electron chi connectivity index (χ0n) is 11.8. The van der Waals surface area contributed by atoms with Crippen LogP contribution in [0.5, 0.6) is 0 Å². The van der Waals surface area contributed by atoms with E-state index in [-0.39, 0.29) is 6.61 Å². The predicted octanol–water partition coefficient (Wildman–Crippen LogP) is 1.60. The zero-order valence-corrected chi connectivity index (χ0v) is 13.5. The van der Waals surface area contributed by atoms with Crippen LogP contribution in [0.1, 0.15) is 23.3 Å². The molecule has 0 bridgehead atoms. The molecule has 1 fully saturated rings. The van der Waals surface area contributed by atoms with E-state index in [1.54, 1.807) is 19.4 Å². The minimum atomic E-state index is -3.49. The number of piperidine rings is 1. The van der Waals surface area contributed by atoms with Gasteiger partial charge in [-0.2, -0.15) is 4.31 Å². The van der Waals surface area contributed by atoms with Crippen LogP contribution in [-0.4, -0.2) is 44.6 Å². The van der Waals surface area contributed by atoms with Crippen molar-refractivity contribution in [1.82, 2.24) is 4.31 Å². The standard InChI is InChI=1S/C13H21NO4S2/c1-10-9-19-12(7-15)13(10)20(16,17)14-5-3-11(4-6-14)8-18-2/h9,11,15H,3-8H2,1-2H3. The summed E-state index contributed by atoms with van der Waals surface area (Å²) in [5, 5.41) is 11.1. The molecule has 1 aromatic heterocycles. The number of rotatable bonds is 5. The summed E-state index contributed by atoms with van der Waals surface area (Å²) in [6.07, 6.45) is 1.65. The van der Waals surface area contributed by atoms with Gasteiger partial charge in [-0.3, -0.25) is 0 Å². The molecule has 1 aliphatic rings. The van der Waals surface area contributed by atoms with Gasteiger partial charge >= 0.3 is 0 Å². The van der Waals surface area contributed by atoms with E-state index in [1.165, 1.54) is 15.6 Å². The predicted molar refractivity (Wildman–Crippen MR) is 78.3 cm³/mol. The van der Waals surface area contributed by atoms with Gasteiger partial charge in [-0.1, -0.05) is 0 Å². The highest BCUT2D eigenvalue weighted by Gasteiger charge is 2.32. The Hall–Kier alpha value is -0.470. The lowest BCUT2D eigenvalue weighted by molar-refractivity contribution is 0.121. The smallest absolute Gasteiger partial charge is 0.244 e. The number of aryl methyl sites for hydroxylation is 1. The number of hydrogen-bond donors (Lipinski definition) is 1. The van der Waals surface area contributed by atoms with Crippen LogP contribution >= 0.6 is 11.3 Å². The summed E-state index contributed by atoms with van der Waals surface area (Å²) in [5.74, 6) is 0.437. The van der Waals surface area contributed by atoms with Crippen LogP contribution in [0.25, 0.3) is 0 Å². The summed E-state index contributed by atoms with van der Waals surface area (Å²) >= 11 is 1.30. The third-order valence-electron chi connectivity index (χ3n) is 3.71. The van der Waals surface area contributed by atoms with E-state index in [1.807, 2.05) is 0 Å². The lowest BCUT2D eigenvalue weighted by Crippen LogP contribution is -2.39. The molecule has 0 amide bonds. The fourth-order valence-electron chi connectivity index (χ4n) is 2.62. The number of sulfonamides is 1. The number of aliphatic hydroxyl groups is 1. The molecule has 0 saturated carbocycles. The van der Waals surface area contributed by atoms with E-state index in [2.05, 4.69) is 0 Å². The van der Waals surface area contributed by atoms with Crippen molar-refractivity contribution >= 4 is 21.4 Å². The van der Waals surface area contributed by atoms with E-state index < -0.39 is 10.0 Å². The molecule has 1 aromatic rings. The normalized spacial score (nSPS) is 18.6. The van der Waals surface area contributed by atoms with Gasteiger partial charge in [-0.05, 0) is 36.6 Å². The summed E-state index contributed by atoms with van der Waals surface area (Å²) in [6.45, 7) is 3.29. The first-order chi connectivity index (χ1) is 9.50. The Labute approximate surface area is 124 Å². The number of aliphatic hydroxyl groups excluding tert-OH is 1. The van der Waals surface area contributed by atoms with E-state index in [0.717, 1.165) is 18.4 Å². The van der Waals surface area contributed by atoms with E-state index in [4.69, 9.17) is 4.74 Å². The molecule has 7 heteroatoms. The van der Waals surface area contributed by atoms with Crippen LogP contribution in [0.3, 0.4) is 0 Å². The fraction of sp³-hybridized carbons (Fsp3) is 0.692. The summed E-state index contributed by atoms with van der Waals surface area (Å²) in [5.41, 5.74) is 0.720. The number of methoxy groups -OCH3 is 1. The molecule has 1 saturated heterocycles. The molecule has 0 unspecified atom stereocenters. The summed E-state index contributed by atoms with van der Waals surface area (Å²) in [6, 6.07) is 0. The number of hydrogen-bond acceptors (Lipinski definition) is 5. The molecule has 0 radical (unpaired) electrons. The topological polar surface area (TPSA) is 66.8 Å². The molecule has 0 aromatic carbocycles. The lowest BCUT2D eigenvalue weighted by atomic mass is 9.99. The van der Waals surface area contributed by atoms with E-state index in [0.29, 0.717) is 35.4 Å². The maximum absolute atomic E-state index is 12.7. The van der Waals surface area contributed by atoms with Gasteiger partial charge in [0.25, 0.3) is 0 Å². The Balaban J connectivity index is 2.18. The van der Waals surface area contributed by atoms with Crippen LogP contribution < -0.4 is 0 Å². The second-order valence-electron chi connectivity index (χ2n) is 5.13. The van der Waals surface area contributed by atoms with Crippen molar-refractivity contribution in [3.8, 4) is 0 Å². The first-order valence-electron chi connectivity index (χ1n) is 6.67. The van der Waals surface area contributed by atoms with Crippen LogP contribution in [0, 0.1) is 12.8 Å². The van der Waals surface area contributed by atoms with Crippen molar-refractivity contribution < 1.29 is 18.3 Å². The molecule has 114 valence electrons. The van der Waals surface area contributed by atoms with Gasteiger partial charge in [0.05, 0.1) is 11.5 Å². The van der Waals surface area contributed by atoms with Gasteiger partial charge in [-0.15, -0.1) is 11.3 Å². The van der Waals surface area contributed by atoms with Crippen molar-refractivity contribution in [3.05, 3.63) is 15.8 Å². The Morgan fingerprint density at radius 2 is 2.10 bits per heavy atom. The summed E-state index contributed by atoms with van der Waals surface area (Å²) < 4.78 is 32.1. The first-order valence-corrected chi connectivity index (χ1v) is 8.99. The molecule has 2 rings (SSSR count). The maximum Gasteiger partial charge on any atom is 0.244 e. The highest BCUT2D eigenvalue weighted by molar-refractivity contribution is 7.89. The Bertz CT molecular complexity index is 545. The summed E-state index contributed by atoms with van der Waals surface area (Å²) in [4.78, 5) is 0.830. The molecular formula is C13H21NO4S2. The Kier molecular flexibility index (Phi) is 5.19. The average molecular weight is 319 g/mol. The second kappa shape index (κ2) is 6.53. The highest BCUT2D eigenvalue weighted by Crippen LogP contribution is 2.31. The van der Waals surface area contributed by atoms with Gasteiger partial charge in [0, 0.05) is 26.8 Å². The third-order valence-corrected chi connectivity index (χ3v) is 7.05. The molecule has 0 aliphatic carbocycles. The molecule has 1 aliphatic heterocycles. The minimum Gasteiger partial charge on any atom is -0.391 e. The Morgan fingerprint density at radius 3 is 2.65 bits per heavy atom. The van der Waals surface area contributed by atoms with Crippen LogP contribution in [-0.2, 0) is 21.4 Å².